The lowest BCUT2D eigenvalue weighted by atomic mass is 9.82. The molecule has 8 heteroatoms. The molecule has 0 radical (unpaired) electrons. The molecule has 0 bridgehead atoms. The number of pyridine rings is 1. The summed E-state index contributed by atoms with van der Waals surface area (Å²) in [6.45, 7) is 0.754. The van der Waals surface area contributed by atoms with Gasteiger partial charge in [-0.15, -0.1) is 12.4 Å². The van der Waals surface area contributed by atoms with Crippen molar-refractivity contribution in [2.45, 2.75) is 31.6 Å². The summed E-state index contributed by atoms with van der Waals surface area (Å²) in [6.07, 6.45) is 3.48. The summed E-state index contributed by atoms with van der Waals surface area (Å²) in [4.78, 5) is 26.9. The molecule has 0 saturated heterocycles. The Morgan fingerprint density at radius 3 is 2.66 bits per heavy atom. The molecule has 3 heterocycles. The number of nitrogens with one attached hydrogen (secondary N) is 1. The van der Waals surface area contributed by atoms with Crippen LogP contribution < -0.4 is 16.3 Å². The quantitative estimate of drug-likeness (QED) is 0.429. The van der Waals surface area contributed by atoms with Gasteiger partial charge in [0.1, 0.15) is 11.0 Å². The van der Waals surface area contributed by atoms with E-state index in [2.05, 4.69) is 5.32 Å². The zero-order valence-electron chi connectivity index (χ0n) is 16.9. The summed E-state index contributed by atoms with van der Waals surface area (Å²) in [5.41, 5.74) is 1.64. The second kappa shape index (κ2) is 7.45. The minimum Gasteiger partial charge on any atom is -0.453 e. The lowest BCUT2D eigenvalue weighted by molar-refractivity contribution is 0.402. The molecule has 4 aromatic rings. The maximum Gasteiger partial charge on any atom is 0.270 e. The lowest BCUT2D eigenvalue weighted by Gasteiger charge is -2.28. The molecule has 0 atom stereocenters. The predicted molar refractivity (Wildman–Crippen MR) is 122 cm³/mol. The van der Waals surface area contributed by atoms with E-state index in [1.165, 1.54) is 12.1 Å². The lowest BCUT2D eigenvalue weighted by Crippen LogP contribution is -2.29. The highest BCUT2D eigenvalue weighted by atomic mass is 35.5. The summed E-state index contributed by atoms with van der Waals surface area (Å²) >= 11 is 0. The smallest absolute Gasteiger partial charge is 0.270 e. The maximum absolute atomic E-state index is 14.7. The van der Waals surface area contributed by atoms with Crippen molar-refractivity contribution in [3.05, 3.63) is 79.9 Å². The third-order valence-electron chi connectivity index (χ3n) is 6.52. The number of benzene rings is 2. The van der Waals surface area contributed by atoms with Crippen molar-refractivity contribution in [1.82, 2.24) is 4.57 Å². The first-order chi connectivity index (χ1) is 15.0. The molecule has 2 aliphatic rings. The fourth-order valence-corrected chi connectivity index (χ4v) is 4.69. The van der Waals surface area contributed by atoms with Crippen LogP contribution in [0.4, 0.5) is 14.5 Å². The molecule has 1 N–H and O–H groups in total. The Morgan fingerprint density at radius 1 is 1.09 bits per heavy atom. The molecule has 0 amide bonds. The van der Waals surface area contributed by atoms with Crippen LogP contribution in [0, 0.1) is 11.6 Å². The van der Waals surface area contributed by atoms with Gasteiger partial charge in [-0.2, -0.15) is 0 Å². The average molecular weight is 457 g/mol. The van der Waals surface area contributed by atoms with Gasteiger partial charge >= 0.3 is 0 Å². The Bertz CT molecular complexity index is 1520. The van der Waals surface area contributed by atoms with E-state index < -0.39 is 22.6 Å². The normalized spacial score (nSPS) is 15.3. The number of aromatic nitrogens is 1. The minimum atomic E-state index is -1.11. The summed E-state index contributed by atoms with van der Waals surface area (Å²) in [6, 6.07) is 8.89. The fraction of sp³-hybridized carbons (Fsp3) is 0.250. The van der Waals surface area contributed by atoms with Gasteiger partial charge < -0.3 is 9.73 Å². The van der Waals surface area contributed by atoms with Crippen LogP contribution in [0.1, 0.15) is 36.4 Å². The highest BCUT2D eigenvalue weighted by molar-refractivity contribution is 5.97. The third kappa shape index (κ3) is 2.80. The first-order valence-electron chi connectivity index (χ1n) is 10.4. The SMILES string of the molecule is Cl.O=c1c2ccc3c(c2oc2cc(C4CCC4)n(-c4cccc(F)c4F)c(=O)c12)NCC3. The summed E-state index contributed by atoms with van der Waals surface area (Å²) in [5.74, 6) is -2.15. The molecule has 164 valence electrons. The molecular formula is C24H19ClF2N2O3. The summed E-state index contributed by atoms with van der Waals surface area (Å²) in [7, 11) is 0. The van der Waals surface area contributed by atoms with Gasteiger partial charge in [-0.1, -0.05) is 18.6 Å². The maximum atomic E-state index is 14.7. The fourth-order valence-electron chi connectivity index (χ4n) is 4.69. The molecule has 2 aromatic carbocycles. The molecule has 1 saturated carbocycles. The van der Waals surface area contributed by atoms with Crippen molar-refractivity contribution >= 4 is 40.0 Å². The van der Waals surface area contributed by atoms with E-state index in [9.17, 15) is 18.4 Å². The number of hydrogen-bond donors (Lipinski definition) is 1. The van der Waals surface area contributed by atoms with E-state index in [1.54, 1.807) is 12.1 Å². The van der Waals surface area contributed by atoms with Crippen LogP contribution in [0.2, 0.25) is 0 Å². The van der Waals surface area contributed by atoms with Gasteiger partial charge in [0.15, 0.2) is 17.2 Å². The Labute approximate surface area is 187 Å². The second-order valence-electron chi connectivity index (χ2n) is 8.23. The van der Waals surface area contributed by atoms with Gasteiger partial charge in [-0.25, -0.2) is 8.78 Å². The summed E-state index contributed by atoms with van der Waals surface area (Å²) in [5, 5.41) is 3.39. The van der Waals surface area contributed by atoms with Crippen LogP contribution in [-0.2, 0) is 6.42 Å². The standard InChI is InChI=1S/C24H18F2N2O3.ClH/c25-15-5-2-6-16(20(15)26)28-17(12-3-1-4-12)11-18-19(24(28)30)22(29)14-8-7-13-9-10-27-21(13)23(14)31-18;/h2,5-8,11-12,27H,1,3-4,9-10H2;1H. The van der Waals surface area contributed by atoms with Crippen LogP contribution in [0.15, 0.2) is 50.4 Å². The summed E-state index contributed by atoms with van der Waals surface area (Å²) < 4.78 is 35.9. The highest BCUT2D eigenvalue weighted by Gasteiger charge is 2.28. The number of hydrogen-bond acceptors (Lipinski definition) is 4. The topological polar surface area (TPSA) is 64.2 Å². The minimum absolute atomic E-state index is 0. The second-order valence-corrected chi connectivity index (χ2v) is 8.23. The van der Waals surface area contributed by atoms with Gasteiger partial charge in [0.05, 0.1) is 16.8 Å². The van der Waals surface area contributed by atoms with Crippen LogP contribution >= 0.6 is 12.4 Å². The number of nitrogens with zero attached hydrogens (tertiary/aromatic N) is 1. The van der Waals surface area contributed by atoms with Crippen molar-refractivity contribution in [3.8, 4) is 5.69 Å². The molecule has 6 rings (SSSR count). The van der Waals surface area contributed by atoms with Gasteiger partial charge in [0.25, 0.3) is 5.56 Å². The van der Waals surface area contributed by atoms with Crippen molar-refractivity contribution in [2.24, 2.45) is 0 Å². The zero-order valence-corrected chi connectivity index (χ0v) is 17.7. The molecule has 1 fully saturated rings. The van der Waals surface area contributed by atoms with Gasteiger partial charge in [0, 0.05) is 18.3 Å². The van der Waals surface area contributed by atoms with Gasteiger partial charge in [-0.05, 0) is 48.9 Å². The zero-order chi connectivity index (χ0) is 21.3. The number of fused-ring (bicyclic) bond motifs is 4. The van der Waals surface area contributed by atoms with E-state index >= 15 is 0 Å². The number of halogens is 3. The third-order valence-corrected chi connectivity index (χ3v) is 6.52. The molecule has 2 aromatic heterocycles. The van der Waals surface area contributed by atoms with Crippen molar-refractivity contribution in [1.29, 1.82) is 0 Å². The van der Waals surface area contributed by atoms with Crippen molar-refractivity contribution in [2.75, 3.05) is 11.9 Å². The molecule has 0 spiro atoms. The Hall–Kier alpha value is -3.19. The predicted octanol–water partition coefficient (Wildman–Crippen LogP) is 5.03. The highest BCUT2D eigenvalue weighted by Crippen LogP contribution is 2.39. The number of rotatable bonds is 2. The Balaban J connectivity index is 0.00000216. The van der Waals surface area contributed by atoms with E-state index in [1.807, 2.05) is 6.07 Å². The monoisotopic (exact) mass is 456 g/mol. The van der Waals surface area contributed by atoms with Gasteiger partial charge in [0.2, 0.25) is 5.43 Å². The Kier molecular flexibility index (Phi) is 4.82. The van der Waals surface area contributed by atoms with Crippen LogP contribution in [0.25, 0.3) is 27.6 Å². The molecule has 5 nitrogen and oxygen atoms in total. The van der Waals surface area contributed by atoms with E-state index in [4.69, 9.17) is 4.42 Å². The molecule has 1 aliphatic heterocycles. The van der Waals surface area contributed by atoms with E-state index in [-0.39, 0.29) is 35.0 Å². The van der Waals surface area contributed by atoms with Gasteiger partial charge in [-0.3, -0.25) is 14.2 Å². The van der Waals surface area contributed by atoms with Crippen molar-refractivity contribution in [3.63, 3.8) is 0 Å². The molecule has 1 aliphatic carbocycles. The first-order valence-corrected chi connectivity index (χ1v) is 10.4. The van der Waals surface area contributed by atoms with Crippen LogP contribution in [-0.4, -0.2) is 11.1 Å². The van der Waals surface area contributed by atoms with E-state index in [0.29, 0.717) is 16.7 Å². The number of anilines is 1. The average Bonchev–Trinajstić information content (AvgIpc) is 3.19. The molecule has 0 unspecified atom stereocenters. The van der Waals surface area contributed by atoms with E-state index in [0.717, 1.165) is 54.1 Å². The van der Waals surface area contributed by atoms with Crippen LogP contribution in [0.3, 0.4) is 0 Å². The van der Waals surface area contributed by atoms with Crippen LogP contribution in [0.5, 0.6) is 0 Å². The first kappa shape index (κ1) is 20.7. The largest absolute Gasteiger partial charge is 0.453 e. The van der Waals surface area contributed by atoms with Crippen molar-refractivity contribution < 1.29 is 13.2 Å². The molecule has 32 heavy (non-hydrogen) atoms. The Morgan fingerprint density at radius 2 is 1.91 bits per heavy atom. The molecular weight excluding hydrogens is 438 g/mol.